The third kappa shape index (κ3) is 3.48. The molecule has 0 saturated heterocycles. The summed E-state index contributed by atoms with van der Waals surface area (Å²) in [5, 5.41) is 9.81. The molecule has 0 unspecified atom stereocenters. The molecule has 11 heteroatoms. The van der Waals surface area contributed by atoms with Crippen molar-refractivity contribution in [2.24, 2.45) is 0 Å². The van der Waals surface area contributed by atoms with Crippen molar-refractivity contribution in [2.75, 3.05) is 5.73 Å². The first-order valence-corrected chi connectivity index (χ1v) is 7.90. The molecule has 0 bridgehead atoms. The molecule has 0 heterocycles. The summed E-state index contributed by atoms with van der Waals surface area (Å²) in [7, 11) is -9.22. The molecule has 2 aromatic rings. The summed E-state index contributed by atoms with van der Waals surface area (Å²) < 4.78 is 62.1. The van der Waals surface area contributed by atoms with Gasteiger partial charge in [-0.3, -0.25) is 9.11 Å². The third-order valence-corrected chi connectivity index (χ3v) is 4.38. The number of hydrogen-bond donors (Lipinski definition) is 4. The maximum atomic E-state index is 11.1. The van der Waals surface area contributed by atoms with Crippen LogP contribution in [0.4, 0.5) is 5.69 Å². The normalized spacial score (nSPS) is 12.1. The van der Waals surface area contributed by atoms with Crippen LogP contribution in [0, 0.1) is 0 Å². The van der Waals surface area contributed by atoms with Gasteiger partial charge in [-0.2, -0.15) is 16.8 Å². The number of benzene rings is 2. The van der Waals surface area contributed by atoms with E-state index in [0.717, 1.165) is 18.2 Å². The number of anilines is 1. The molecule has 0 spiro atoms. The van der Waals surface area contributed by atoms with Gasteiger partial charge in [0.05, 0.1) is 10.6 Å². The van der Waals surface area contributed by atoms with Gasteiger partial charge in [0.1, 0.15) is 4.90 Å². The van der Waals surface area contributed by atoms with Gasteiger partial charge in [0, 0.05) is 5.39 Å². The van der Waals surface area contributed by atoms with E-state index >= 15 is 0 Å². The molecule has 2 aromatic carbocycles. The Morgan fingerprint density at radius 2 is 1.52 bits per heavy atom. The van der Waals surface area contributed by atoms with E-state index in [1.54, 1.807) is 0 Å². The van der Waals surface area contributed by atoms with Gasteiger partial charge in [-0.1, -0.05) is 6.07 Å². The number of rotatable bonds is 2. The summed E-state index contributed by atoms with van der Waals surface area (Å²) in [6, 6.07) is 4.06. The van der Waals surface area contributed by atoms with Crippen molar-refractivity contribution < 1.29 is 31.0 Å². The fourth-order valence-electron chi connectivity index (χ4n) is 1.73. The number of phenolic OH excluding ortho intramolecular Hbond substituents is 1. The first kappa shape index (κ1) is 18.2. The first-order valence-electron chi connectivity index (χ1n) is 5.02. The van der Waals surface area contributed by atoms with Crippen molar-refractivity contribution >= 4 is 66.3 Å². The Balaban J connectivity index is 0.00000220. The van der Waals surface area contributed by atoms with Crippen LogP contribution in [-0.4, -0.2) is 60.6 Å². The van der Waals surface area contributed by atoms with Crippen molar-refractivity contribution in [2.45, 2.75) is 9.79 Å². The molecule has 0 aliphatic carbocycles. The average Bonchev–Trinajstić information content (AvgIpc) is 2.30. The third-order valence-electron chi connectivity index (χ3n) is 2.66. The summed E-state index contributed by atoms with van der Waals surface area (Å²) in [5.74, 6) is -0.834. The van der Waals surface area contributed by atoms with E-state index in [4.69, 9.17) is 14.8 Å². The minimum atomic E-state index is -4.74. The summed E-state index contributed by atoms with van der Waals surface area (Å²) >= 11 is 0. The molecule has 2 rings (SSSR count). The Kier molecular flexibility index (Phi) is 4.95. The predicted molar refractivity (Wildman–Crippen MR) is 76.8 cm³/mol. The van der Waals surface area contributed by atoms with E-state index in [2.05, 4.69) is 0 Å². The van der Waals surface area contributed by atoms with Crippen LogP contribution in [0.5, 0.6) is 5.75 Å². The molecule has 0 atom stereocenters. The van der Waals surface area contributed by atoms with Crippen molar-refractivity contribution in [3.63, 3.8) is 0 Å². The van der Waals surface area contributed by atoms with E-state index in [1.165, 1.54) is 6.07 Å². The van der Waals surface area contributed by atoms with Crippen LogP contribution < -0.4 is 5.73 Å². The molecule has 21 heavy (non-hydrogen) atoms. The van der Waals surface area contributed by atoms with Crippen LogP contribution in [0.2, 0.25) is 0 Å². The van der Waals surface area contributed by atoms with Crippen LogP contribution >= 0.6 is 0 Å². The predicted octanol–water partition coefficient (Wildman–Crippen LogP) is -0.0275. The number of phenols is 1. The molecule has 0 saturated carbocycles. The fourth-order valence-corrected chi connectivity index (χ4v) is 2.88. The zero-order valence-electron chi connectivity index (χ0n) is 9.68. The Bertz CT molecular complexity index is 922. The van der Waals surface area contributed by atoms with Gasteiger partial charge in [0.15, 0.2) is 5.75 Å². The van der Waals surface area contributed by atoms with Gasteiger partial charge >= 0.3 is 29.6 Å². The van der Waals surface area contributed by atoms with Crippen molar-refractivity contribution in [3.8, 4) is 5.75 Å². The molecule has 0 fully saturated rings. The minimum absolute atomic E-state index is 0. The topological polar surface area (TPSA) is 155 Å². The number of nitrogen functional groups attached to an aromatic ring is 1. The molecule has 0 amide bonds. The standard InChI is InChI=1S/C10H9NO7S2.Na.H/c11-9-7-2-1-6(19(13,14)15)3-5(7)4-8(10(9)12)20(16,17)18;;/h1-4,12H,11H2,(H,13,14,15)(H,16,17,18);;. The molecular formula is C10H10NNaO7S2. The molecule has 0 radical (unpaired) electrons. The van der Waals surface area contributed by atoms with Crippen molar-refractivity contribution in [1.29, 1.82) is 0 Å². The zero-order chi connectivity index (χ0) is 15.3. The monoisotopic (exact) mass is 343 g/mol. The summed E-state index contributed by atoms with van der Waals surface area (Å²) in [5.41, 5.74) is 5.20. The molecular weight excluding hydrogens is 333 g/mol. The average molecular weight is 343 g/mol. The summed E-state index contributed by atoms with van der Waals surface area (Å²) in [6.07, 6.45) is 0. The van der Waals surface area contributed by atoms with E-state index in [0.29, 0.717) is 0 Å². The van der Waals surface area contributed by atoms with E-state index in [-0.39, 0.29) is 46.0 Å². The molecule has 110 valence electrons. The van der Waals surface area contributed by atoms with Gasteiger partial charge in [0.25, 0.3) is 20.2 Å². The second kappa shape index (κ2) is 5.72. The number of hydrogen-bond acceptors (Lipinski definition) is 6. The molecule has 0 aromatic heterocycles. The maximum absolute atomic E-state index is 11.1. The number of fused-ring (bicyclic) bond motifs is 1. The van der Waals surface area contributed by atoms with Crippen LogP contribution in [0.15, 0.2) is 34.1 Å². The van der Waals surface area contributed by atoms with Crippen LogP contribution in [0.25, 0.3) is 10.8 Å². The van der Waals surface area contributed by atoms with Crippen molar-refractivity contribution in [3.05, 3.63) is 24.3 Å². The SMILES string of the molecule is Nc1c(O)c(S(=O)(=O)O)cc2cc(S(=O)(=O)O)ccc12.[NaH]. The van der Waals surface area contributed by atoms with Crippen LogP contribution in [0.1, 0.15) is 0 Å². The quantitative estimate of drug-likeness (QED) is 0.256. The fraction of sp³-hybridized carbons (Fsp3) is 0. The van der Waals surface area contributed by atoms with Crippen LogP contribution in [-0.2, 0) is 20.2 Å². The molecule has 0 aliphatic heterocycles. The van der Waals surface area contributed by atoms with Gasteiger partial charge in [-0.25, -0.2) is 0 Å². The second-order valence-electron chi connectivity index (χ2n) is 3.97. The van der Waals surface area contributed by atoms with Gasteiger partial charge in [0.2, 0.25) is 0 Å². The van der Waals surface area contributed by atoms with Gasteiger partial charge in [-0.05, 0) is 23.6 Å². The zero-order valence-corrected chi connectivity index (χ0v) is 11.3. The van der Waals surface area contributed by atoms with Crippen molar-refractivity contribution in [1.82, 2.24) is 0 Å². The van der Waals surface area contributed by atoms with Gasteiger partial charge in [-0.15, -0.1) is 0 Å². The van der Waals surface area contributed by atoms with E-state index in [9.17, 15) is 21.9 Å². The number of aromatic hydroxyl groups is 1. The van der Waals surface area contributed by atoms with E-state index < -0.39 is 35.8 Å². The number of nitrogens with two attached hydrogens (primary N) is 1. The Labute approximate surface area is 142 Å². The second-order valence-corrected chi connectivity index (χ2v) is 6.78. The Hall–Kier alpha value is -0.880. The Morgan fingerprint density at radius 3 is 2.00 bits per heavy atom. The Morgan fingerprint density at radius 1 is 0.952 bits per heavy atom. The van der Waals surface area contributed by atoms with Crippen LogP contribution in [0.3, 0.4) is 0 Å². The first-order chi connectivity index (χ1) is 9.01. The van der Waals surface area contributed by atoms with Gasteiger partial charge < -0.3 is 10.8 Å². The molecule has 0 aliphatic rings. The molecule has 8 nitrogen and oxygen atoms in total. The molecule has 5 N–H and O–H groups in total. The van der Waals surface area contributed by atoms with E-state index in [1.807, 2.05) is 0 Å². The summed E-state index contributed by atoms with van der Waals surface area (Å²) in [4.78, 5) is -1.33. The summed E-state index contributed by atoms with van der Waals surface area (Å²) in [6.45, 7) is 0.